The third-order valence-electron chi connectivity index (χ3n) is 2.66. The Balaban J connectivity index is 2.73. The van der Waals surface area contributed by atoms with E-state index in [0.29, 0.717) is 34.6 Å². The highest BCUT2D eigenvalue weighted by Gasteiger charge is 2.12. The molecule has 4 heteroatoms. The van der Waals surface area contributed by atoms with Crippen molar-refractivity contribution in [1.82, 2.24) is 0 Å². The molecule has 0 fully saturated rings. The number of hydrogen-bond acceptors (Lipinski definition) is 3. The molecule has 0 saturated carbocycles. The average molecular weight is 273 g/mol. The maximum atomic E-state index is 9.31. The zero-order valence-electron chi connectivity index (χ0n) is 11.2. The van der Waals surface area contributed by atoms with Crippen molar-refractivity contribution >= 4 is 11.6 Å². The first-order valence-corrected chi connectivity index (χ1v) is 6.56. The first-order chi connectivity index (χ1) is 8.58. The first kappa shape index (κ1) is 15.1. The predicted octanol–water partition coefficient (Wildman–Crippen LogP) is 3.66. The van der Waals surface area contributed by atoms with E-state index in [-0.39, 0.29) is 6.61 Å². The molecule has 102 valence electrons. The van der Waals surface area contributed by atoms with Gasteiger partial charge in [-0.25, -0.2) is 0 Å². The number of methoxy groups -OCH3 is 1. The lowest BCUT2D eigenvalue weighted by Crippen LogP contribution is -2.04. The topological polar surface area (TPSA) is 38.7 Å². The van der Waals surface area contributed by atoms with Gasteiger partial charge in [0.15, 0.2) is 11.5 Å². The van der Waals surface area contributed by atoms with Crippen LogP contribution < -0.4 is 9.47 Å². The van der Waals surface area contributed by atoms with Gasteiger partial charge in [0, 0.05) is 16.7 Å². The Morgan fingerprint density at radius 1 is 1.33 bits per heavy atom. The van der Waals surface area contributed by atoms with Gasteiger partial charge in [0.1, 0.15) is 0 Å². The van der Waals surface area contributed by atoms with Crippen LogP contribution >= 0.6 is 11.6 Å². The van der Waals surface area contributed by atoms with E-state index in [0.717, 1.165) is 12.8 Å². The largest absolute Gasteiger partial charge is 0.493 e. The van der Waals surface area contributed by atoms with Gasteiger partial charge >= 0.3 is 0 Å². The van der Waals surface area contributed by atoms with Gasteiger partial charge in [-0.3, -0.25) is 0 Å². The summed E-state index contributed by atoms with van der Waals surface area (Å²) in [5, 5.41) is 9.85. The number of ether oxygens (including phenoxy) is 2. The van der Waals surface area contributed by atoms with Gasteiger partial charge in [-0.05, 0) is 24.8 Å². The van der Waals surface area contributed by atoms with Crippen LogP contribution in [0, 0.1) is 5.92 Å². The second-order valence-corrected chi connectivity index (χ2v) is 5.08. The summed E-state index contributed by atoms with van der Waals surface area (Å²) in [7, 11) is 1.56. The molecule has 1 aromatic rings. The SMILES string of the molecule is COc1cc(Cl)cc(CO)c1OCCCC(C)C. The molecular weight excluding hydrogens is 252 g/mol. The van der Waals surface area contributed by atoms with Crippen LogP contribution in [-0.2, 0) is 6.61 Å². The Morgan fingerprint density at radius 3 is 2.61 bits per heavy atom. The van der Waals surface area contributed by atoms with Crippen molar-refractivity contribution in [2.24, 2.45) is 5.92 Å². The van der Waals surface area contributed by atoms with Crippen LogP contribution in [-0.4, -0.2) is 18.8 Å². The number of aliphatic hydroxyl groups is 1. The quantitative estimate of drug-likeness (QED) is 0.770. The van der Waals surface area contributed by atoms with Crippen LogP contribution in [0.15, 0.2) is 12.1 Å². The van der Waals surface area contributed by atoms with E-state index in [2.05, 4.69) is 13.8 Å². The Bertz CT molecular complexity index is 352. The van der Waals surface area contributed by atoms with E-state index < -0.39 is 0 Å². The summed E-state index contributed by atoms with van der Waals surface area (Å²) in [6.45, 7) is 4.86. The van der Waals surface area contributed by atoms with Crippen LogP contribution in [0.3, 0.4) is 0 Å². The molecule has 0 atom stereocenters. The van der Waals surface area contributed by atoms with Gasteiger partial charge in [0.2, 0.25) is 0 Å². The molecule has 0 heterocycles. The number of benzene rings is 1. The molecule has 0 aliphatic carbocycles. The van der Waals surface area contributed by atoms with Crippen molar-refractivity contribution in [3.8, 4) is 11.5 Å². The van der Waals surface area contributed by atoms with Gasteiger partial charge in [0.05, 0.1) is 20.3 Å². The summed E-state index contributed by atoms with van der Waals surface area (Å²) in [4.78, 5) is 0. The summed E-state index contributed by atoms with van der Waals surface area (Å²) in [6.07, 6.45) is 2.10. The molecule has 0 aliphatic heterocycles. The van der Waals surface area contributed by atoms with Crippen molar-refractivity contribution in [2.45, 2.75) is 33.3 Å². The lowest BCUT2D eigenvalue weighted by molar-refractivity contribution is 0.249. The van der Waals surface area contributed by atoms with Crippen molar-refractivity contribution in [3.05, 3.63) is 22.7 Å². The molecular formula is C14H21ClO3. The lowest BCUT2D eigenvalue weighted by atomic mass is 10.1. The summed E-state index contributed by atoms with van der Waals surface area (Å²) in [5.41, 5.74) is 0.656. The predicted molar refractivity (Wildman–Crippen MR) is 73.5 cm³/mol. The highest BCUT2D eigenvalue weighted by molar-refractivity contribution is 6.30. The zero-order valence-corrected chi connectivity index (χ0v) is 12.0. The molecule has 0 aliphatic rings. The number of halogens is 1. The number of aliphatic hydroxyl groups excluding tert-OH is 1. The normalized spacial score (nSPS) is 10.8. The minimum atomic E-state index is -0.115. The lowest BCUT2D eigenvalue weighted by Gasteiger charge is -2.15. The molecule has 0 spiro atoms. The molecule has 1 aromatic carbocycles. The van der Waals surface area contributed by atoms with E-state index in [4.69, 9.17) is 21.1 Å². The van der Waals surface area contributed by atoms with E-state index in [9.17, 15) is 5.11 Å². The fraction of sp³-hybridized carbons (Fsp3) is 0.571. The molecule has 0 unspecified atom stereocenters. The smallest absolute Gasteiger partial charge is 0.166 e. The number of hydrogen-bond donors (Lipinski definition) is 1. The Morgan fingerprint density at radius 2 is 2.06 bits per heavy atom. The van der Waals surface area contributed by atoms with Gasteiger partial charge in [0.25, 0.3) is 0 Å². The van der Waals surface area contributed by atoms with Gasteiger partial charge < -0.3 is 14.6 Å². The van der Waals surface area contributed by atoms with Crippen LogP contribution in [0.4, 0.5) is 0 Å². The van der Waals surface area contributed by atoms with Gasteiger partial charge in [-0.2, -0.15) is 0 Å². The summed E-state index contributed by atoms with van der Waals surface area (Å²) in [6, 6.07) is 3.39. The van der Waals surface area contributed by atoms with Crippen molar-refractivity contribution in [3.63, 3.8) is 0 Å². The van der Waals surface area contributed by atoms with E-state index in [1.165, 1.54) is 0 Å². The minimum Gasteiger partial charge on any atom is -0.493 e. The fourth-order valence-electron chi connectivity index (χ4n) is 1.72. The molecule has 0 amide bonds. The van der Waals surface area contributed by atoms with Crippen LogP contribution in [0.25, 0.3) is 0 Å². The maximum absolute atomic E-state index is 9.31. The molecule has 3 nitrogen and oxygen atoms in total. The summed E-state index contributed by atoms with van der Waals surface area (Å²) >= 11 is 5.94. The average Bonchev–Trinajstić information content (AvgIpc) is 2.34. The maximum Gasteiger partial charge on any atom is 0.166 e. The Hall–Kier alpha value is -0.930. The second kappa shape index (κ2) is 7.49. The van der Waals surface area contributed by atoms with Crippen LogP contribution in [0.2, 0.25) is 5.02 Å². The van der Waals surface area contributed by atoms with E-state index >= 15 is 0 Å². The van der Waals surface area contributed by atoms with Gasteiger partial charge in [-0.1, -0.05) is 25.4 Å². The standard InChI is InChI=1S/C14H21ClO3/c1-10(2)5-4-6-18-14-11(9-16)7-12(15)8-13(14)17-3/h7-8,10,16H,4-6,9H2,1-3H3. The monoisotopic (exact) mass is 272 g/mol. The van der Waals surface area contributed by atoms with Crippen LogP contribution in [0.5, 0.6) is 11.5 Å². The highest BCUT2D eigenvalue weighted by atomic mass is 35.5. The van der Waals surface area contributed by atoms with Gasteiger partial charge in [-0.15, -0.1) is 0 Å². The molecule has 1 N–H and O–H groups in total. The molecule has 0 radical (unpaired) electrons. The second-order valence-electron chi connectivity index (χ2n) is 4.64. The molecule has 0 bridgehead atoms. The summed E-state index contributed by atoms with van der Waals surface area (Å²) < 4.78 is 10.9. The van der Waals surface area contributed by atoms with Crippen molar-refractivity contribution < 1.29 is 14.6 Å². The molecule has 1 rings (SSSR count). The third-order valence-corrected chi connectivity index (χ3v) is 2.88. The molecule has 0 saturated heterocycles. The summed E-state index contributed by atoms with van der Waals surface area (Å²) in [5.74, 6) is 1.82. The van der Waals surface area contributed by atoms with Crippen molar-refractivity contribution in [2.75, 3.05) is 13.7 Å². The first-order valence-electron chi connectivity index (χ1n) is 6.18. The Kier molecular flexibility index (Phi) is 6.30. The zero-order chi connectivity index (χ0) is 13.5. The van der Waals surface area contributed by atoms with E-state index in [1.807, 2.05) is 0 Å². The Labute approximate surface area is 114 Å². The van der Waals surface area contributed by atoms with E-state index in [1.54, 1.807) is 19.2 Å². The third kappa shape index (κ3) is 4.39. The minimum absolute atomic E-state index is 0.115. The molecule has 0 aromatic heterocycles. The molecule has 18 heavy (non-hydrogen) atoms. The number of rotatable bonds is 7. The highest BCUT2D eigenvalue weighted by Crippen LogP contribution is 2.34. The van der Waals surface area contributed by atoms with Crippen LogP contribution in [0.1, 0.15) is 32.3 Å². The van der Waals surface area contributed by atoms with Crippen molar-refractivity contribution in [1.29, 1.82) is 0 Å². The fourth-order valence-corrected chi connectivity index (χ4v) is 1.95.